The highest BCUT2D eigenvalue weighted by Crippen LogP contribution is 2.46. The molecular formula is C26H38N4O5. The molecule has 1 aromatic carbocycles. The van der Waals surface area contributed by atoms with Gasteiger partial charge in [0.1, 0.15) is 17.8 Å². The lowest BCUT2D eigenvalue weighted by atomic mass is 9.64. The number of methoxy groups -OCH3 is 1. The fraction of sp³-hybridized carbons (Fsp3) is 0.654. The smallest absolute Gasteiger partial charge is 0.325 e. The number of carbonyl (C=O) groups is 3. The van der Waals surface area contributed by atoms with E-state index < -0.39 is 11.6 Å². The summed E-state index contributed by atoms with van der Waals surface area (Å²) in [7, 11) is 1.63. The summed E-state index contributed by atoms with van der Waals surface area (Å²) in [6.07, 6.45) is 2.20. The molecule has 1 saturated carbocycles. The van der Waals surface area contributed by atoms with Gasteiger partial charge in [-0.3, -0.25) is 19.4 Å². The molecule has 9 nitrogen and oxygen atoms in total. The van der Waals surface area contributed by atoms with Crippen molar-refractivity contribution in [2.45, 2.75) is 51.6 Å². The van der Waals surface area contributed by atoms with E-state index in [-0.39, 0.29) is 29.8 Å². The molecule has 0 unspecified atom stereocenters. The van der Waals surface area contributed by atoms with E-state index in [0.29, 0.717) is 38.5 Å². The largest absolute Gasteiger partial charge is 0.497 e. The Hall–Kier alpha value is -2.65. The van der Waals surface area contributed by atoms with Crippen molar-refractivity contribution in [1.29, 1.82) is 0 Å². The first-order valence-electron chi connectivity index (χ1n) is 12.5. The van der Waals surface area contributed by atoms with Gasteiger partial charge in [-0.25, -0.2) is 4.79 Å². The predicted molar refractivity (Wildman–Crippen MR) is 131 cm³/mol. The lowest BCUT2D eigenvalue weighted by molar-refractivity contribution is -0.137. The van der Waals surface area contributed by atoms with Gasteiger partial charge < -0.3 is 20.1 Å². The van der Waals surface area contributed by atoms with E-state index in [4.69, 9.17) is 9.47 Å². The Bertz CT molecular complexity index is 944. The van der Waals surface area contributed by atoms with E-state index in [1.165, 1.54) is 0 Å². The van der Waals surface area contributed by atoms with E-state index in [2.05, 4.69) is 36.3 Å². The second kappa shape index (κ2) is 10.1. The minimum absolute atomic E-state index is 0.0526. The molecule has 2 aliphatic heterocycles. The lowest BCUT2D eigenvalue weighted by Crippen LogP contribution is -2.54. The van der Waals surface area contributed by atoms with Gasteiger partial charge in [0.15, 0.2) is 0 Å². The third-order valence-corrected chi connectivity index (χ3v) is 7.41. The quantitative estimate of drug-likeness (QED) is 0.574. The van der Waals surface area contributed by atoms with Crippen LogP contribution >= 0.6 is 0 Å². The first kappa shape index (κ1) is 25.4. The molecule has 2 saturated heterocycles. The second-order valence-corrected chi connectivity index (χ2v) is 11.0. The van der Waals surface area contributed by atoms with Crippen LogP contribution in [-0.2, 0) is 14.3 Å². The van der Waals surface area contributed by atoms with Crippen LogP contribution in [0.25, 0.3) is 0 Å². The van der Waals surface area contributed by atoms with Crippen LogP contribution in [-0.4, -0.2) is 79.7 Å². The van der Waals surface area contributed by atoms with Crippen LogP contribution in [0.1, 0.15) is 51.6 Å². The summed E-state index contributed by atoms with van der Waals surface area (Å²) >= 11 is 0. The highest BCUT2D eigenvalue weighted by Gasteiger charge is 2.56. The highest BCUT2D eigenvalue weighted by atomic mass is 16.5. The minimum Gasteiger partial charge on any atom is -0.497 e. The molecule has 9 heteroatoms. The molecule has 0 aromatic heterocycles. The van der Waals surface area contributed by atoms with Crippen molar-refractivity contribution in [2.75, 3.05) is 46.5 Å². The minimum atomic E-state index is -0.905. The number of urea groups is 1. The Balaban J connectivity index is 1.41. The zero-order chi connectivity index (χ0) is 25.2. The number of morpholine rings is 1. The maximum Gasteiger partial charge on any atom is 0.325 e. The van der Waals surface area contributed by atoms with Crippen LogP contribution in [0.2, 0.25) is 0 Å². The Morgan fingerprint density at radius 3 is 2.51 bits per heavy atom. The van der Waals surface area contributed by atoms with Crippen molar-refractivity contribution >= 4 is 17.8 Å². The fourth-order valence-corrected chi connectivity index (χ4v) is 6.23. The molecule has 1 aromatic rings. The topological polar surface area (TPSA) is 100 Å². The standard InChI is InChI=1S/C26H38N4O5/c1-18-13-25(2,3)17-26(14-18)23(32)30(24(33)28-26)16-22(31)27-15-21(29-9-11-35-12-10-29)19-5-7-20(34-4)8-6-19/h5-8,18,21H,9-17H2,1-4H3,(H,27,31)(H,28,33)/t18-,21-,26+/m0/s1. The maximum absolute atomic E-state index is 13.4. The van der Waals surface area contributed by atoms with Gasteiger partial charge >= 0.3 is 6.03 Å². The van der Waals surface area contributed by atoms with Crippen molar-refractivity contribution in [3.05, 3.63) is 29.8 Å². The van der Waals surface area contributed by atoms with E-state index in [0.717, 1.165) is 35.7 Å². The summed E-state index contributed by atoms with van der Waals surface area (Å²) in [5.41, 5.74) is 0.0981. The number of amides is 4. The number of hydrogen-bond acceptors (Lipinski definition) is 6. The molecule has 4 rings (SSSR count). The van der Waals surface area contributed by atoms with Crippen molar-refractivity contribution < 1.29 is 23.9 Å². The molecule has 192 valence electrons. The number of nitrogens with zero attached hydrogens (tertiary/aromatic N) is 2. The Morgan fingerprint density at radius 2 is 1.89 bits per heavy atom. The molecule has 1 spiro atoms. The van der Waals surface area contributed by atoms with E-state index >= 15 is 0 Å². The van der Waals surface area contributed by atoms with Crippen LogP contribution < -0.4 is 15.4 Å². The summed E-state index contributed by atoms with van der Waals surface area (Å²) in [5, 5.41) is 5.90. The van der Waals surface area contributed by atoms with Crippen LogP contribution in [0.3, 0.4) is 0 Å². The Labute approximate surface area is 207 Å². The van der Waals surface area contributed by atoms with E-state index in [9.17, 15) is 14.4 Å². The van der Waals surface area contributed by atoms with Crippen molar-refractivity contribution in [1.82, 2.24) is 20.4 Å². The summed E-state index contributed by atoms with van der Waals surface area (Å²) in [6.45, 7) is 9.26. The van der Waals surface area contributed by atoms with Crippen molar-refractivity contribution in [2.24, 2.45) is 11.3 Å². The molecule has 3 aliphatic rings. The highest BCUT2D eigenvalue weighted by molar-refractivity contribution is 6.09. The van der Waals surface area contributed by atoms with Gasteiger partial charge in [0.05, 0.1) is 26.4 Å². The maximum atomic E-state index is 13.4. The van der Waals surface area contributed by atoms with Gasteiger partial charge in [-0.2, -0.15) is 0 Å². The molecule has 35 heavy (non-hydrogen) atoms. The Morgan fingerprint density at radius 1 is 1.20 bits per heavy atom. The van der Waals surface area contributed by atoms with Crippen LogP contribution in [0, 0.1) is 11.3 Å². The molecule has 0 bridgehead atoms. The van der Waals surface area contributed by atoms with Gasteiger partial charge in [0, 0.05) is 19.6 Å². The normalized spacial score (nSPS) is 27.5. The van der Waals surface area contributed by atoms with Crippen LogP contribution in [0.15, 0.2) is 24.3 Å². The number of ether oxygens (including phenoxy) is 2. The third-order valence-electron chi connectivity index (χ3n) is 7.41. The molecule has 3 fully saturated rings. The fourth-order valence-electron chi connectivity index (χ4n) is 6.23. The summed E-state index contributed by atoms with van der Waals surface area (Å²) in [4.78, 5) is 42.4. The van der Waals surface area contributed by atoms with E-state index in [1.807, 2.05) is 24.3 Å². The number of imide groups is 1. The number of carbonyl (C=O) groups excluding carboxylic acids is 3. The first-order chi connectivity index (χ1) is 16.6. The number of benzene rings is 1. The zero-order valence-electron chi connectivity index (χ0n) is 21.3. The summed E-state index contributed by atoms with van der Waals surface area (Å²) < 4.78 is 10.8. The first-order valence-corrected chi connectivity index (χ1v) is 12.5. The van der Waals surface area contributed by atoms with E-state index in [1.54, 1.807) is 7.11 Å². The van der Waals surface area contributed by atoms with Crippen LogP contribution in [0.4, 0.5) is 4.79 Å². The van der Waals surface area contributed by atoms with Gasteiger partial charge in [0.2, 0.25) is 5.91 Å². The SMILES string of the molecule is COc1ccc([C@H](CNC(=O)CN2C(=O)N[C@@]3(C[C@@H](C)CC(C)(C)C3)C2=O)N2CCOCC2)cc1. The van der Waals surface area contributed by atoms with Gasteiger partial charge in [-0.15, -0.1) is 0 Å². The van der Waals surface area contributed by atoms with Gasteiger partial charge in [-0.1, -0.05) is 32.9 Å². The average Bonchev–Trinajstić information content (AvgIpc) is 3.02. The molecule has 4 amide bonds. The van der Waals surface area contributed by atoms with Crippen molar-refractivity contribution in [3.8, 4) is 5.75 Å². The molecule has 2 N–H and O–H groups in total. The van der Waals surface area contributed by atoms with Crippen molar-refractivity contribution in [3.63, 3.8) is 0 Å². The summed E-state index contributed by atoms with van der Waals surface area (Å²) in [5.74, 6) is 0.458. The summed E-state index contributed by atoms with van der Waals surface area (Å²) in [6, 6.07) is 7.28. The average molecular weight is 487 g/mol. The van der Waals surface area contributed by atoms with Gasteiger partial charge in [0.25, 0.3) is 5.91 Å². The number of rotatable bonds is 7. The molecule has 0 radical (unpaired) electrons. The molecular weight excluding hydrogens is 448 g/mol. The Kier molecular flexibility index (Phi) is 7.38. The lowest BCUT2D eigenvalue weighted by Gasteiger charge is -2.43. The molecule has 2 heterocycles. The third kappa shape index (κ3) is 5.62. The zero-order valence-corrected chi connectivity index (χ0v) is 21.3. The predicted octanol–water partition coefficient (Wildman–Crippen LogP) is 2.32. The molecule has 3 atom stereocenters. The molecule has 1 aliphatic carbocycles. The van der Waals surface area contributed by atoms with Gasteiger partial charge in [-0.05, 0) is 48.3 Å². The number of nitrogens with one attached hydrogen (secondary N) is 2. The number of hydrogen-bond donors (Lipinski definition) is 2. The monoisotopic (exact) mass is 486 g/mol. The van der Waals surface area contributed by atoms with Crippen LogP contribution in [0.5, 0.6) is 5.75 Å². The second-order valence-electron chi connectivity index (χ2n) is 11.0.